The molecule has 8 nitrogen and oxygen atoms in total. The fraction of sp³-hybridized carbons (Fsp3) is 0.583. The highest BCUT2D eigenvalue weighted by atomic mass is 16.6. The van der Waals surface area contributed by atoms with Crippen LogP contribution in [0.2, 0.25) is 0 Å². The number of methoxy groups -OCH3 is 1. The Morgan fingerprint density at radius 3 is 2.80 bits per heavy atom. The lowest BCUT2D eigenvalue weighted by Crippen LogP contribution is -2.32. The Morgan fingerprint density at radius 2 is 2.30 bits per heavy atom. The first kappa shape index (κ1) is 14.3. The van der Waals surface area contributed by atoms with Crippen LogP contribution in [0.15, 0.2) is 6.07 Å². The lowest BCUT2D eigenvalue weighted by Gasteiger charge is -2.21. The summed E-state index contributed by atoms with van der Waals surface area (Å²) in [6.45, 7) is 1.43. The van der Waals surface area contributed by atoms with Gasteiger partial charge in [-0.3, -0.25) is 10.1 Å². The second-order valence-corrected chi connectivity index (χ2v) is 5.04. The molecule has 0 unspecified atom stereocenters. The van der Waals surface area contributed by atoms with Crippen LogP contribution in [0.1, 0.15) is 6.42 Å². The van der Waals surface area contributed by atoms with Crippen molar-refractivity contribution < 1.29 is 9.66 Å². The molecule has 0 amide bonds. The van der Waals surface area contributed by atoms with E-state index < -0.39 is 4.92 Å². The maximum atomic E-state index is 11.2. The van der Waals surface area contributed by atoms with Crippen LogP contribution in [0.5, 0.6) is 5.88 Å². The second kappa shape index (κ2) is 5.49. The van der Waals surface area contributed by atoms with E-state index in [1.54, 1.807) is 0 Å². The zero-order chi connectivity index (χ0) is 14.9. The molecule has 0 bridgehead atoms. The largest absolute Gasteiger partial charge is 0.479 e. The van der Waals surface area contributed by atoms with Crippen LogP contribution >= 0.6 is 0 Å². The Labute approximate surface area is 117 Å². The number of nitrogens with zero attached hydrogens (tertiary/aromatic N) is 4. The Bertz CT molecular complexity index is 520. The molecule has 0 aliphatic carbocycles. The molecule has 0 spiro atoms. The Hall–Kier alpha value is -2.09. The molecule has 20 heavy (non-hydrogen) atoms. The van der Waals surface area contributed by atoms with Gasteiger partial charge in [0.1, 0.15) is 5.69 Å². The van der Waals surface area contributed by atoms with E-state index in [9.17, 15) is 10.1 Å². The quantitative estimate of drug-likeness (QED) is 0.641. The molecular weight excluding hydrogens is 262 g/mol. The van der Waals surface area contributed by atoms with E-state index in [1.165, 1.54) is 13.2 Å². The molecule has 2 N–H and O–H groups in total. The van der Waals surface area contributed by atoms with Crippen LogP contribution in [0.3, 0.4) is 0 Å². The van der Waals surface area contributed by atoms with Gasteiger partial charge in [-0.1, -0.05) is 0 Å². The first-order valence-corrected chi connectivity index (χ1v) is 6.34. The second-order valence-electron chi connectivity index (χ2n) is 5.04. The normalized spacial score (nSPS) is 18.6. The minimum absolute atomic E-state index is 0.0808. The number of likely N-dealkylation sites (N-methyl/N-ethyl adjacent to an activating group) is 1. The van der Waals surface area contributed by atoms with Crippen LogP contribution in [0.25, 0.3) is 0 Å². The van der Waals surface area contributed by atoms with Crippen molar-refractivity contribution in [1.82, 2.24) is 9.88 Å². The molecule has 0 aromatic carbocycles. The Kier molecular flexibility index (Phi) is 3.93. The molecule has 8 heteroatoms. The Morgan fingerprint density at radius 1 is 1.60 bits per heavy atom. The summed E-state index contributed by atoms with van der Waals surface area (Å²) >= 11 is 0. The molecule has 2 rings (SSSR count). The smallest absolute Gasteiger partial charge is 0.313 e. The monoisotopic (exact) mass is 281 g/mol. The van der Waals surface area contributed by atoms with Gasteiger partial charge in [-0.05, 0) is 20.5 Å². The van der Waals surface area contributed by atoms with Crippen LogP contribution in [-0.4, -0.2) is 55.1 Å². The van der Waals surface area contributed by atoms with Crippen LogP contribution in [0.4, 0.5) is 17.2 Å². The topological polar surface area (TPSA) is 97.8 Å². The van der Waals surface area contributed by atoms with Gasteiger partial charge in [-0.2, -0.15) is 4.98 Å². The zero-order valence-electron chi connectivity index (χ0n) is 11.9. The summed E-state index contributed by atoms with van der Waals surface area (Å²) < 4.78 is 5.06. The van der Waals surface area contributed by atoms with E-state index in [4.69, 9.17) is 10.5 Å². The molecule has 1 saturated heterocycles. The van der Waals surface area contributed by atoms with E-state index in [2.05, 4.69) is 9.88 Å². The highest BCUT2D eigenvalue weighted by Gasteiger charge is 2.31. The van der Waals surface area contributed by atoms with Crippen LogP contribution in [0, 0.1) is 10.1 Å². The molecule has 110 valence electrons. The summed E-state index contributed by atoms with van der Waals surface area (Å²) in [6, 6.07) is 1.67. The maximum Gasteiger partial charge on any atom is 0.313 e. The third kappa shape index (κ3) is 2.60. The van der Waals surface area contributed by atoms with Gasteiger partial charge >= 0.3 is 5.69 Å². The summed E-state index contributed by atoms with van der Waals surface area (Å²) in [5.74, 6) is 0.546. The third-order valence-corrected chi connectivity index (χ3v) is 3.56. The van der Waals surface area contributed by atoms with Gasteiger partial charge in [0.05, 0.1) is 12.0 Å². The molecule has 1 aliphatic rings. The molecule has 1 fully saturated rings. The molecule has 1 aromatic heterocycles. The summed E-state index contributed by atoms with van der Waals surface area (Å²) in [6.07, 6.45) is 0.943. The van der Waals surface area contributed by atoms with Crippen molar-refractivity contribution in [2.45, 2.75) is 12.5 Å². The maximum absolute atomic E-state index is 11.2. The molecule has 1 aromatic rings. The number of aromatic nitrogens is 1. The van der Waals surface area contributed by atoms with E-state index in [-0.39, 0.29) is 17.3 Å². The van der Waals surface area contributed by atoms with Gasteiger partial charge in [0.25, 0.3) is 0 Å². The van der Waals surface area contributed by atoms with Gasteiger partial charge in [0.15, 0.2) is 0 Å². The average molecular weight is 281 g/mol. The molecule has 0 saturated carbocycles. The number of nitrogens with two attached hydrogens (primary N) is 1. The van der Waals surface area contributed by atoms with Gasteiger partial charge in [-0.15, -0.1) is 0 Å². The number of rotatable bonds is 4. The van der Waals surface area contributed by atoms with E-state index in [1.807, 2.05) is 19.0 Å². The number of nitro groups is 1. The van der Waals surface area contributed by atoms with Crippen molar-refractivity contribution >= 4 is 17.2 Å². The highest BCUT2D eigenvalue weighted by Crippen LogP contribution is 2.35. The molecule has 1 aliphatic heterocycles. The minimum Gasteiger partial charge on any atom is -0.479 e. The van der Waals surface area contributed by atoms with E-state index in [0.29, 0.717) is 18.4 Å². The molecule has 1 atom stereocenters. The highest BCUT2D eigenvalue weighted by molar-refractivity contribution is 5.67. The van der Waals surface area contributed by atoms with Gasteiger partial charge in [0.2, 0.25) is 11.7 Å². The first-order valence-electron chi connectivity index (χ1n) is 6.34. The number of hydrogen-bond donors (Lipinski definition) is 1. The predicted molar refractivity (Wildman–Crippen MR) is 76.2 cm³/mol. The zero-order valence-corrected chi connectivity index (χ0v) is 11.9. The van der Waals surface area contributed by atoms with E-state index in [0.717, 1.165) is 13.0 Å². The fourth-order valence-corrected chi connectivity index (χ4v) is 2.38. The summed E-state index contributed by atoms with van der Waals surface area (Å²) in [5.41, 5.74) is 5.79. The number of ether oxygens (including phenoxy) is 1. The Balaban J connectivity index is 2.37. The number of pyridine rings is 1. The van der Waals surface area contributed by atoms with Gasteiger partial charge < -0.3 is 20.3 Å². The van der Waals surface area contributed by atoms with Gasteiger partial charge in [0, 0.05) is 25.2 Å². The minimum atomic E-state index is -0.457. The summed E-state index contributed by atoms with van der Waals surface area (Å²) in [7, 11) is 5.44. The standard InChI is InChI=1S/C12H19N5O3/c1-15(2)8-4-5-16(7-8)11-10(17(18)19)6-9(13)12(14-11)20-3/h6,8H,4-5,7,13H2,1-3H3/t8-/m1/s1. The van der Waals surface area contributed by atoms with Gasteiger partial charge in [-0.25, -0.2) is 0 Å². The fourth-order valence-electron chi connectivity index (χ4n) is 2.38. The predicted octanol–water partition coefficient (Wildman–Crippen LogP) is 0.721. The number of hydrogen-bond acceptors (Lipinski definition) is 7. The molecule has 0 radical (unpaired) electrons. The molecule has 2 heterocycles. The number of nitrogen functional groups attached to an aromatic ring is 1. The average Bonchev–Trinajstić information content (AvgIpc) is 2.87. The van der Waals surface area contributed by atoms with Crippen LogP contribution < -0.4 is 15.4 Å². The van der Waals surface area contributed by atoms with Crippen molar-refractivity contribution in [1.29, 1.82) is 0 Å². The summed E-state index contributed by atoms with van der Waals surface area (Å²) in [5, 5.41) is 11.2. The van der Waals surface area contributed by atoms with Crippen LogP contribution in [-0.2, 0) is 0 Å². The first-order chi connectivity index (χ1) is 9.43. The SMILES string of the molecule is COc1nc(N2CC[C@@H](N(C)C)C2)c([N+](=O)[O-])cc1N. The van der Waals surface area contributed by atoms with Crippen molar-refractivity contribution in [3.63, 3.8) is 0 Å². The van der Waals surface area contributed by atoms with Crippen molar-refractivity contribution in [2.75, 3.05) is 44.9 Å². The summed E-state index contributed by atoms with van der Waals surface area (Å²) in [4.78, 5) is 18.9. The number of anilines is 2. The van der Waals surface area contributed by atoms with E-state index >= 15 is 0 Å². The lowest BCUT2D eigenvalue weighted by molar-refractivity contribution is -0.384. The molecular formula is C12H19N5O3. The van der Waals surface area contributed by atoms with Crippen molar-refractivity contribution in [2.24, 2.45) is 0 Å². The van der Waals surface area contributed by atoms with Crippen molar-refractivity contribution in [3.05, 3.63) is 16.2 Å². The van der Waals surface area contributed by atoms with Crippen molar-refractivity contribution in [3.8, 4) is 5.88 Å². The third-order valence-electron chi connectivity index (χ3n) is 3.56. The lowest BCUT2D eigenvalue weighted by atomic mass is 10.2.